The zero-order valence-electron chi connectivity index (χ0n) is 31.4. The highest BCUT2D eigenvalue weighted by Crippen LogP contribution is 2.47. The molecule has 3 fully saturated rings. The summed E-state index contributed by atoms with van der Waals surface area (Å²) < 4.78 is 22.4. The zero-order chi connectivity index (χ0) is 37.0. The first-order valence-corrected chi connectivity index (χ1v) is 21.1. The van der Waals surface area contributed by atoms with Gasteiger partial charge in [0, 0.05) is 85.3 Å². The van der Waals surface area contributed by atoms with Crippen LogP contribution in [0.25, 0.3) is 33.2 Å². The first-order valence-electron chi connectivity index (χ1n) is 18.9. The van der Waals surface area contributed by atoms with Crippen molar-refractivity contribution in [1.82, 2.24) is 39.6 Å². The molecule has 14 heteroatoms. The Bertz CT molecular complexity index is 2320. The molecule has 12 nitrogen and oxygen atoms in total. The van der Waals surface area contributed by atoms with Gasteiger partial charge in [-0.1, -0.05) is 7.92 Å². The van der Waals surface area contributed by atoms with Gasteiger partial charge in [-0.25, -0.2) is 4.39 Å². The summed E-state index contributed by atoms with van der Waals surface area (Å²) in [7, 11) is 3.13. The Balaban J connectivity index is 1.01. The van der Waals surface area contributed by atoms with E-state index in [0.29, 0.717) is 35.1 Å². The largest absolute Gasteiger partial charge is 0.494 e. The zero-order valence-corrected chi connectivity index (χ0v) is 32.3. The molecule has 54 heavy (non-hydrogen) atoms. The van der Waals surface area contributed by atoms with Crippen molar-refractivity contribution in [3.8, 4) is 16.9 Å². The number of hydrogen-bond acceptors (Lipinski definition) is 10. The van der Waals surface area contributed by atoms with E-state index in [-0.39, 0.29) is 0 Å². The molecule has 0 bridgehead atoms. The highest BCUT2D eigenvalue weighted by molar-refractivity contribution is 7.65. The first kappa shape index (κ1) is 34.9. The van der Waals surface area contributed by atoms with Gasteiger partial charge in [0.2, 0.25) is 5.95 Å². The van der Waals surface area contributed by atoms with E-state index >= 15 is 0 Å². The van der Waals surface area contributed by atoms with E-state index in [2.05, 4.69) is 78.2 Å². The van der Waals surface area contributed by atoms with Crippen LogP contribution in [0.2, 0.25) is 0 Å². The third-order valence-electron chi connectivity index (χ3n) is 11.7. The number of hydrogen-bond donors (Lipinski definition) is 3. The van der Waals surface area contributed by atoms with E-state index in [9.17, 15) is 4.39 Å². The standard InChI is InChI=1S/C40H47FN11OP/c1-50-24-26(23-45-50)28-21-31(33(53-2)22-32(28)52-19-12-39(13-20-52)10-17-51(18-11-39)25-40(41)8-9-40)47-38-48-36-27(7-14-44-36)37(49-38)46-30-6-5-29-34(35(30)54(3)4)43-16-15-42-29/h5-7,14-16,21-24H,8-13,17-20,25H2,1-4H3,(H3,44,46,47,48,49). The topological polar surface area (TPSA) is 125 Å². The van der Waals surface area contributed by atoms with Gasteiger partial charge >= 0.3 is 0 Å². The fourth-order valence-electron chi connectivity index (χ4n) is 8.41. The smallest absolute Gasteiger partial charge is 0.231 e. The first-order chi connectivity index (χ1) is 26.2. The van der Waals surface area contributed by atoms with Crippen LogP contribution in [0.15, 0.2) is 61.3 Å². The second-order valence-corrected chi connectivity index (χ2v) is 17.8. The number of H-pyrrole nitrogens is 1. The molecule has 6 aromatic rings. The molecule has 1 aliphatic carbocycles. The Morgan fingerprint density at radius 3 is 2.43 bits per heavy atom. The van der Waals surface area contributed by atoms with Crippen LogP contribution in [0, 0.1) is 5.41 Å². The van der Waals surface area contributed by atoms with Gasteiger partial charge in [0.25, 0.3) is 0 Å². The minimum atomic E-state index is -0.914. The summed E-state index contributed by atoms with van der Waals surface area (Å²) in [5.74, 6) is 1.81. The van der Waals surface area contributed by atoms with Crippen molar-refractivity contribution in [3.05, 3.63) is 61.3 Å². The lowest BCUT2D eigenvalue weighted by Crippen LogP contribution is -2.48. The van der Waals surface area contributed by atoms with Crippen LogP contribution in [0.1, 0.15) is 38.5 Å². The molecule has 2 aliphatic heterocycles. The minimum absolute atomic E-state index is 0.330. The predicted octanol–water partition coefficient (Wildman–Crippen LogP) is 7.35. The molecule has 1 spiro atoms. The van der Waals surface area contributed by atoms with Gasteiger partial charge in [-0.2, -0.15) is 15.1 Å². The van der Waals surface area contributed by atoms with Crippen LogP contribution in [-0.2, 0) is 7.05 Å². The fraction of sp³-hybridized carbons (Fsp3) is 0.425. The Morgan fingerprint density at radius 2 is 1.70 bits per heavy atom. The SMILES string of the molecule is COc1cc(N2CCC3(CCN(CC4(F)CC4)CC3)CC2)c(-c2cnn(C)c2)cc1Nc1nc(Nc2ccc3nccnc3c2P(C)C)c2cc[nH]c2n1. The van der Waals surface area contributed by atoms with Crippen molar-refractivity contribution in [2.75, 3.05) is 68.7 Å². The number of aromatic nitrogens is 7. The predicted molar refractivity (Wildman–Crippen MR) is 216 cm³/mol. The van der Waals surface area contributed by atoms with E-state index in [1.54, 1.807) is 19.5 Å². The fourth-order valence-corrected chi connectivity index (χ4v) is 9.61. The molecule has 2 saturated heterocycles. The number of nitrogens with zero attached hydrogens (tertiary/aromatic N) is 8. The van der Waals surface area contributed by atoms with Gasteiger partial charge < -0.3 is 30.2 Å². The Hall–Kier alpha value is -4.87. The monoisotopic (exact) mass is 747 g/mol. The van der Waals surface area contributed by atoms with Crippen molar-refractivity contribution in [2.24, 2.45) is 12.5 Å². The Kier molecular flexibility index (Phi) is 8.89. The number of fused-ring (bicyclic) bond motifs is 2. The maximum Gasteiger partial charge on any atom is 0.231 e. The van der Waals surface area contributed by atoms with Crippen LogP contribution in [0.3, 0.4) is 0 Å². The highest BCUT2D eigenvalue weighted by Gasteiger charge is 2.46. The lowest BCUT2D eigenvalue weighted by atomic mass is 9.71. The summed E-state index contributed by atoms with van der Waals surface area (Å²) in [6, 6.07) is 10.3. The summed E-state index contributed by atoms with van der Waals surface area (Å²) in [6.07, 6.45) is 15.3. The van der Waals surface area contributed by atoms with Crippen LogP contribution < -0.4 is 25.6 Å². The third-order valence-corrected chi connectivity index (χ3v) is 13.0. The van der Waals surface area contributed by atoms with Crippen LogP contribution in [0.5, 0.6) is 5.75 Å². The van der Waals surface area contributed by atoms with Gasteiger partial charge in [0.05, 0.1) is 35.4 Å². The molecule has 1 saturated carbocycles. The maximum atomic E-state index is 14.5. The molecule has 4 aromatic heterocycles. The number of aromatic amines is 1. The van der Waals surface area contributed by atoms with E-state index < -0.39 is 13.6 Å². The molecule has 280 valence electrons. The third kappa shape index (κ3) is 6.72. The lowest BCUT2D eigenvalue weighted by Gasteiger charge is -2.48. The number of piperidine rings is 2. The summed E-state index contributed by atoms with van der Waals surface area (Å²) in [6.45, 7) is 8.99. The maximum absolute atomic E-state index is 14.5. The van der Waals surface area contributed by atoms with Crippen molar-refractivity contribution >= 4 is 64.1 Å². The molecule has 6 heterocycles. The molecule has 9 rings (SSSR count). The van der Waals surface area contributed by atoms with Crippen LogP contribution >= 0.6 is 7.92 Å². The number of ether oxygens (including phenoxy) is 1. The number of alkyl halides is 1. The van der Waals surface area contributed by atoms with Crippen LogP contribution in [0.4, 0.5) is 33.2 Å². The van der Waals surface area contributed by atoms with Crippen LogP contribution in [-0.4, -0.2) is 98.4 Å². The molecule has 0 atom stereocenters. The number of halogens is 1. The second-order valence-electron chi connectivity index (χ2n) is 15.6. The average Bonchev–Trinajstić information content (AvgIpc) is 3.49. The highest BCUT2D eigenvalue weighted by atomic mass is 31.1. The number of anilines is 5. The number of nitrogens with one attached hydrogen (secondary N) is 3. The Morgan fingerprint density at radius 1 is 0.926 bits per heavy atom. The van der Waals surface area contributed by atoms with E-state index in [1.165, 1.54) is 0 Å². The second kappa shape index (κ2) is 13.8. The van der Waals surface area contributed by atoms with E-state index in [4.69, 9.17) is 14.7 Å². The quantitative estimate of drug-likeness (QED) is 0.123. The van der Waals surface area contributed by atoms with Gasteiger partial charge in [0.1, 0.15) is 22.9 Å². The summed E-state index contributed by atoms with van der Waals surface area (Å²) in [5.41, 5.74) is 6.82. The van der Waals surface area contributed by atoms with E-state index in [1.807, 2.05) is 36.3 Å². The van der Waals surface area contributed by atoms with E-state index in [0.717, 1.165) is 115 Å². The van der Waals surface area contributed by atoms with Gasteiger partial charge in [-0.15, -0.1) is 0 Å². The van der Waals surface area contributed by atoms with Gasteiger partial charge in [-0.3, -0.25) is 14.6 Å². The Labute approximate surface area is 315 Å². The molecule has 0 radical (unpaired) electrons. The normalized spacial score (nSPS) is 18.1. The average molecular weight is 748 g/mol. The number of aryl methyl sites for hydroxylation is 1. The van der Waals surface area contributed by atoms with Gasteiger partial charge in [-0.05, 0) is 94.6 Å². The van der Waals surface area contributed by atoms with Gasteiger partial charge in [0.15, 0.2) is 0 Å². The number of likely N-dealkylation sites (tertiary alicyclic amines) is 1. The van der Waals surface area contributed by atoms with Crippen molar-refractivity contribution in [1.29, 1.82) is 0 Å². The molecule has 0 amide bonds. The van der Waals surface area contributed by atoms with Crippen molar-refractivity contribution < 1.29 is 9.13 Å². The molecule has 3 N–H and O–H groups in total. The number of rotatable bonds is 10. The lowest BCUT2D eigenvalue weighted by molar-refractivity contribution is 0.0607. The molecular weight excluding hydrogens is 700 g/mol. The molecular formula is C40H47FN11OP. The summed E-state index contributed by atoms with van der Waals surface area (Å²) in [4.78, 5) is 27.3. The number of benzene rings is 2. The summed E-state index contributed by atoms with van der Waals surface area (Å²) in [5, 5.41) is 13.7. The summed E-state index contributed by atoms with van der Waals surface area (Å²) >= 11 is 0. The van der Waals surface area contributed by atoms with Crippen molar-refractivity contribution in [3.63, 3.8) is 0 Å². The molecule has 2 aromatic carbocycles. The van der Waals surface area contributed by atoms with Crippen molar-refractivity contribution in [2.45, 2.75) is 44.2 Å². The molecule has 0 unspecified atom stereocenters. The number of methoxy groups -OCH3 is 1. The molecule has 3 aliphatic rings. The minimum Gasteiger partial charge on any atom is -0.494 e.